The van der Waals surface area contributed by atoms with Gasteiger partial charge in [0.1, 0.15) is 6.10 Å². The van der Waals surface area contributed by atoms with E-state index in [0.29, 0.717) is 16.1 Å². The van der Waals surface area contributed by atoms with Crippen LogP contribution < -0.4 is 0 Å². The second-order valence-electron chi connectivity index (χ2n) is 4.02. The highest BCUT2D eigenvalue weighted by molar-refractivity contribution is 6.42. The van der Waals surface area contributed by atoms with E-state index in [1.165, 1.54) is 18.2 Å². The summed E-state index contributed by atoms with van der Waals surface area (Å²) >= 11 is 11.9. The van der Waals surface area contributed by atoms with Gasteiger partial charge in [-0.2, -0.15) is 0 Å². The number of halogens is 4. The van der Waals surface area contributed by atoms with Crippen molar-refractivity contribution in [1.29, 1.82) is 0 Å². The van der Waals surface area contributed by atoms with Gasteiger partial charge in [-0.1, -0.05) is 53.5 Å². The zero-order valence-corrected chi connectivity index (χ0v) is 11.2. The lowest BCUT2D eigenvalue weighted by Gasteiger charge is -2.14. The summed E-state index contributed by atoms with van der Waals surface area (Å²) in [6.45, 7) is 0. The van der Waals surface area contributed by atoms with Crippen LogP contribution in [-0.2, 0) is 0 Å². The predicted molar refractivity (Wildman–Crippen MR) is 71.9 cm³/mol. The smallest absolute Gasteiger partial charge is 0.263 e. The Balaban J connectivity index is 2.41. The van der Waals surface area contributed by atoms with Gasteiger partial charge in [-0.05, 0) is 17.7 Å². The minimum Gasteiger partial charge on any atom is -0.384 e. The highest BCUT2D eigenvalue weighted by atomic mass is 35.5. The molecule has 1 nitrogen and oxygen atoms in total. The van der Waals surface area contributed by atoms with E-state index >= 15 is 0 Å². The molecular formula is C14H10Cl2F2O. The molecule has 0 aliphatic heterocycles. The lowest BCUT2D eigenvalue weighted by Crippen LogP contribution is -2.01. The topological polar surface area (TPSA) is 20.2 Å². The maximum atomic E-state index is 12.6. The van der Waals surface area contributed by atoms with Crippen molar-refractivity contribution in [3.05, 3.63) is 69.2 Å². The Bertz CT molecular complexity index is 587. The van der Waals surface area contributed by atoms with Gasteiger partial charge in [0, 0.05) is 11.1 Å². The lowest BCUT2D eigenvalue weighted by atomic mass is 10.00. The van der Waals surface area contributed by atoms with E-state index in [1.807, 2.05) is 0 Å². The second-order valence-corrected chi connectivity index (χ2v) is 4.80. The van der Waals surface area contributed by atoms with E-state index in [-0.39, 0.29) is 10.6 Å². The standard InChI is InChI=1S/C14H10Cl2F2O/c15-11-6-2-5-10(12(11)16)13(19)8-3-1-4-9(7-8)14(17)18/h1-7,13-14,19H. The van der Waals surface area contributed by atoms with Crippen LogP contribution in [0.4, 0.5) is 8.78 Å². The third-order valence-corrected chi connectivity index (χ3v) is 3.59. The largest absolute Gasteiger partial charge is 0.384 e. The van der Waals surface area contributed by atoms with Gasteiger partial charge in [-0.15, -0.1) is 0 Å². The van der Waals surface area contributed by atoms with Gasteiger partial charge in [0.25, 0.3) is 6.43 Å². The van der Waals surface area contributed by atoms with Gasteiger partial charge in [-0.3, -0.25) is 0 Å². The minimum atomic E-state index is -2.58. The number of rotatable bonds is 3. The molecular weight excluding hydrogens is 293 g/mol. The van der Waals surface area contributed by atoms with Gasteiger partial charge < -0.3 is 5.11 Å². The molecule has 0 saturated carbocycles. The summed E-state index contributed by atoms with van der Waals surface area (Å²) in [6.07, 6.45) is -3.67. The molecule has 2 rings (SSSR count). The van der Waals surface area contributed by atoms with Crippen LogP contribution in [0.3, 0.4) is 0 Å². The molecule has 1 N–H and O–H groups in total. The molecule has 0 fully saturated rings. The zero-order chi connectivity index (χ0) is 14.0. The van der Waals surface area contributed by atoms with Crippen molar-refractivity contribution in [2.24, 2.45) is 0 Å². The highest BCUT2D eigenvalue weighted by Gasteiger charge is 2.17. The van der Waals surface area contributed by atoms with Gasteiger partial charge in [-0.25, -0.2) is 8.78 Å². The van der Waals surface area contributed by atoms with Crippen molar-refractivity contribution in [3.8, 4) is 0 Å². The van der Waals surface area contributed by atoms with Crippen LogP contribution in [-0.4, -0.2) is 5.11 Å². The Morgan fingerprint density at radius 1 is 0.947 bits per heavy atom. The summed E-state index contributed by atoms with van der Waals surface area (Å²) in [5, 5.41) is 10.7. The summed E-state index contributed by atoms with van der Waals surface area (Å²) in [6, 6.07) is 10.4. The third kappa shape index (κ3) is 3.06. The van der Waals surface area contributed by atoms with Gasteiger partial charge in [0.05, 0.1) is 10.0 Å². The number of hydrogen-bond acceptors (Lipinski definition) is 1. The maximum absolute atomic E-state index is 12.6. The summed E-state index contributed by atoms with van der Waals surface area (Å²) < 4.78 is 25.3. The molecule has 0 spiro atoms. The first-order valence-electron chi connectivity index (χ1n) is 5.50. The molecule has 100 valence electrons. The first-order chi connectivity index (χ1) is 9.00. The molecule has 5 heteroatoms. The maximum Gasteiger partial charge on any atom is 0.263 e. The molecule has 0 radical (unpaired) electrons. The number of alkyl halides is 2. The van der Waals surface area contributed by atoms with Crippen molar-refractivity contribution in [2.45, 2.75) is 12.5 Å². The molecule has 0 aromatic heterocycles. The van der Waals surface area contributed by atoms with Crippen molar-refractivity contribution >= 4 is 23.2 Å². The van der Waals surface area contributed by atoms with E-state index in [9.17, 15) is 13.9 Å². The third-order valence-electron chi connectivity index (χ3n) is 2.75. The Morgan fingerprint density at radius 2 is 1.58 bits per heavy atom. The number of benzene rings is 2. The minimum absolute atomic E-state index is 0.144. The van der Waals surface area contributed by atoms with E-state index in [2.05, 4.69) is 0 Å². The summed E-state index contributed by atoms with van der Waals surface area (Å²) in [7, 11) is 0. The summed E-state index contributed by atoms with van der Waals surface area (Å²) in [5.41, 5.74) is 0.595. The molecule has 1 unspecified atom stereocenters. The molecule has 0 amide bonds. The van der Waals surface area contributed by atoms with E-state index in [1.54, 1.807) is 24.3 Å². The van der Waals surface area contributed by atoms with Gasteiger partial charge >= 0.3 is 0 Å². The normalized spacial score (nSPS) is 12.7. The zero-order valence-electron chi connectivity index (χ0n) is 9.66. The van der Waals surface area contributed by atoms with E-state index in [4.69, 9.17) is 23.2 Å². The lowest BCUT2D eigenvalue weighted by molar-refractivity contribution is 0.150. The molecule has 2 aromatic rings. The van der Waals surface area contributed by atoms with Crippen LogP contribution in [0.2, 0.25) is 10.0 Å². The van der Waals surface area contributed by atoms with Crippen LogP contribution in [0.1, 0.15) is 29.2 Å². The molecule has 2 aromatic carbocycles. The van der Waals surface area contributed by atoms with E-state index < -0.39 is 12.5 Å². The molecule has 0 aliphatic rings. The summed E-state index contributed by atoms with van der Waals surface area (Å²) in [4.78, 5) is 0. The molecule has 0 heterocycles. The Kier molecular flexibility index (Phi) is 4.40. The SMILES string of the molecule is OC(c1cccc(C(F)F)c1)c1cccc(Cl)c1Cl. The molecule has 0 bridgehead atoms. The van der Waals surface area contributed by atoms with Crippen LogP contribution >= 0.6 is 23.2 Å². The molecule has 19 heavy (non-hydrogen) atoms. The second kappa shape index (κ2) is 5.87. The van der Waals surface area contributed by atoms with Gasteiger partial charge in [0.15, 0.2) is 0 Å². The van der Waals surface area contributed by atoms with Gasteiger partial charge in [0.2, 0.25) is 0 Å². The van der Waals surface area contributed by atoms with Crippen molar-refractivity contribution < 1.29 is 13.9 Å². The van der Waals surface area contributed by atoms with Crippen LogP contribution in [0.5, 0.6) is 0 Å². The van der Waals surface area contributed by atoms with Crippen molar-refractivity contribution in [3.63, 3.8) is 0 Å². The summed E-state index contributed by atoms with van der Waals surface area (Å²) in [5.74, 6) is 0. The average Bonchev–Trinajstić information content (AvgIpc) is 2.41. The first-order valence-corrected chi connectivity index (χ1v) is 6.26. The fraction of sp³-hybridized carbons (Fsp3) is 0.143. The van der Waals surface area contributed by atoms with Crippen LogP contribution in [0.25, 0.3) is 0 Å². The quantitative estimate of drug-likeness (QED) is 0.844. The predicted octanol–water partition coefficient (Wildman–Crippen LogP) is 5.01. The Hall–Kier alpha value is -1.16. The Labute approximate surface area is 119 Å². The highest BCUT2D eigenvalue weighted by Crippen LogP contribution is 2.34. The van der Waals surface area contributed by atoms with Crippen molar-refractivity contribution in [2.75, 3.05) is 0 Å². The fourth-order valence-corrected chi connectivity index (χ4v) is 2.19. The monoisotopic (exact) mass is 302 g/mol. The first kappa shape index (κ1) is 14.3. The molecule has 0 aliphatic carbocycles. The van der Waals surface area contributed by atoms with E-state index in [0.717, 1.165) is 0 Å². The van der Waals surface area contributed by atoms with Crippen LogP contribution in [0, 0.1) is 0 Å². The van der Waals surface area contributed by atoms with Crippen molar-refractivity contribution in [1.82, 2.24) is 0 Å². The number of hydrogen-bond donors (Lipinski definition) is 1. The molecule has 0 saturated heterocycles. The number of aliphatic hydroxyl groups is 1. The molecule has 1 atom stereocenters. The average molecular weight is 303 g/mol. The Morgan fingerprint density at radius 3 is 2.26 bits per heavy atom. The van der Waals surface area contributed by atoms with Crippen LogP contribution in [0.15, 0.2) is 42.5 Å². The fourth-order valence-electron chi connectivity index (χ4n) is 1.78. The number of aliphatic hydroxyl groups excluding tert-OH is 1.